The van der Waals surface area contributed by atoms with Crippen LogP contribution in [0.25, 0.3) is 5.69 Å². The van der Waals surface area contributed by atoms with Crippen LogP contribution in [0.5, 0.6) is 5.88 Å². The second-order valence-electron chi connectivity index (χ2n) is 6.44. The minimum absolute atomic E-state index is 0.306. The second-order valence-corrected chi connectivity index (χ2v) is 7.26. The third-order valence-corrected chi connectivity index (χ3v) is 4.91. The maximum atomic E-state index is 12.6. The summed E-state index contributed by atoms with van der Waals surface area (Å²) < 4.78 is 7.33. The molecule has 0 bridgehead atoms. The summed E-state index contributed by atoms with van der Waals surface area (Å²) in [5.74, 6) is -0.135. The van der Waals surface area contributed by atoms with Crippen molar-refractivity contribution in [3.8, 4) is 11.6 Å². The summed E-state index contributed by atoms with van der Waals surface area (Å²) in [6.45, 7) is 6.12. The fraction of sp³-hybridized carbons (Fsp3) is 0.238. The molecule has 4 nitrogen and oxygen atoms in total. The molecule has 0 N–H and O–H groups in total. The van der Waals surface area contributed by atoms with E-state index in [0.717, 1.165) is 35.3 Å². The summed E-state index contributed by atoms with van der Waals surface area (Å²) >= 11 is 11.9. The minimum atomic E-state index is -0.512. The van der Waals surface area contributed by atoms with Crippen molar-refractivity contribution in [2.24, 2.45) is 0 Å². The summed E-state index contributed by atoms with van der Waals surface area (Å²) in [6, 6.07) is 12.5. The summed E-state index contributed by atoms with van der Waals surface area (Å²) in [5, 5.41) is 5.33. The first-order chi connectivity index (χ1) is 12.9. The van der Waals surface area contributed by atoms with Crippen LogP contribution in [0.3, 0.4) is 0 Å². The molecule has 0 atom stereocenters. The molecule has 0 aliphatic heterocycles. The highest BCUT2D eigenvalue weighted by atomic mass is 35.5. The molecule has 0 aliphatic carbocycles. The monoisotopic (exact) mass is 402 g/mol. The zero-order valence-corrected chi connectivity index (χ0v) is 16.9. The van der Waals surface area contributed by atoms with Crippen molar-refractivity contribution in [1.29, 1.82) is 0 Å². The van der Waals surface area contributed by atoms with Gasteiger partial charge in [-0.1, -0.05) is 54.2 Å². The Morgan fingerprint density at radius 2 is 1.85 bits per heavy atom. The predicted molar refractivity (Wildman–Crippen MR) is 108 cm³/mol. The van der Waals surface area contributed by atoms with E-state index >= 15 is 0 Å². The smallest absolute Gasteiger partial charge is 0.344 e. The third kappa shape index (κ3) is 4.34. The lowest BCUT2D eigenvalue weighted by molar-refractivity contribution is 0.0723. The number of carbonyl (C=O) groups is 1. The summed E-state index contributed by atoms with van der Waals surface area (Å²) in [7, 11) is 0. The molecule has 1 aromatic heterocycles. The van der Waals surface area contributed by atoms with Crippen LogP contribution in [0.15, 0.2) is 42.5 Å². The van der Waals surface area contributed by atoms with Crippen LogP contribution in [-0.2, 0) is 6.42 Å². The maximum absolute atomic E-state index is 12.6. The Labute approximate surface area is 168 Å². The highest BCUT2D eigenvalue weighted by molar-refractivity contribution is 6.42. The molecule has 27 heavy (non-hydrogen) atoms. The fourth-order valence-corrected chi connectivity index (χ4v) is 3.15. The lowest BCUT2D eigenvalue weighted by Gasteiger charge is -2.11. The van der Waals surface area contributed by atoms with E-state index in [-0.39, 0.29) is 0 Å². The van der Waals surface area contributed by atoms with Gasteiger partial charge in [0.15, 0.2) is 0 Å². The molecular formula is C21H20Cl2N2O2. The van der Waals surface area contributed by atoms with Crippen LogP contribution in [0, 0.1) is 13.8 Å². The summed E-state index contributed by atoms with van der Waals surface area (Å²) in [4.78, 5) is 12.6. The standard InChI is InChI=1S/C21H20Cl2N2O2/c1-4-5-16-12-20(25(24-16)19-9-6-13(2)10-14(19)3)27-21(26)15-7-8-17(22)18(23)11-15/h6-12H,4-5H2,1-3H3. The highest BCUT2D eigenvalue weighted by Crippen LogP contribution is 2.26. The van der Waals surface area contributed by atoms with E-state index in [1.807, 2.05) is 26.0 Å². The van der Waals surface area contributed by atoms with Crippen LogP contribution in [0.1, 0.15) is 40.5 Å². The Bertz CT molecular complexity index is 996. The lowest BCUT2D eigenvalue weighted by Crippen LogP contribution is -2.12. The van der Waals surface area contributed by atoms with Gasteiger partial charge in [0.05, 0.1) is 27.0 Å². The quantitative estimate of drug-likeness (QED) is 0.493. The molecular weight excluding hydrogens is 383 g/mol. The molecule has 1 heterocycles. The first kappa shape index (κ1) is 19.5. The highest BCUT2D eigenvalue weighted by Gasteiger charge is 2.17. The summed E-state index contributed by atoms with van der Waals surface area (Å²) in [5.41, 5.74) is 4.28. The van der Waals surface area contributed by atoms with Crippen molar-refractivity contribution in [2.75, 3.05) is 0 Å². The van der Waals surface area contributed by atoms with E-state index in [4.69, 9.17) is 27.9 Å². The lowest BCUT2D eigenvalue weighted by atomic mass is 10.1. The van der Waals surface area contributed by atoms with E-state index in [1.54, 1.807) is 22.9 Å². The molecule has 3 rings (SSSR count). The van der Waals surface area contributed by atoms with Gasteiger partial charge >= 0.3 is 5.97 Å². The van der Waals surface area contributed by atoms with Crippen LogP contribution in [0.2, 0.25) is 10.0 Å². The number of benzene rings is 2. The van der Waals surface area contributed by atoms with Crippen molar-refractivity contribution < 1.29 is 9.53 Å². The van der Waals surface area contributed by atoms with Crippen molar-refractivity contribution in [2.45, 2.75) is 33.6 Å². The molecule has 0 radical (unpaired) electrons. The molecule has 0 saturated heterocycles. The van der Waals surface area contributed by atoms with Crippen LogP contribution < -0.4 is 4.74 Å². The topological polar surface area (TPSA) is 44.1 Å². The van der Waals surface area contributed by atoms with E-state index in [9.17, 15) is 4.79 Å². The SMILES string of the molecule is CCCc1cc(OC(=O)c2ccc(Cl)c(Cl)c2)n(-c2ccc(C)cc2C)n1. The molecule has 3 aromatic rings. The normalized spacial score (nSPS) is 10.9. The fourth-order valence-electron chi connectivity index (χ4n) is 2.85. The number of nitrogens with zero attached hydrogens (tertiary/aromatic N) is 2. The van der Waals surface area contributed by atoms with Gasteiger partial charge in [0, 0.05) is 6.07 Å². The summed E-state index contributed by atoms with van der Waals surface area (Å²) in [6.07, 6.45) is 1.75. The number of aryl methyl sites for hydroxylation is 3. The van der Waals surface area contributed by atoms with Gasteiger partial charge in [-0.15, -0.1) is 0 Å². The third-order valence-electron chi connectivity index (χ3n) is 4.17. The Kier molecular flexibility index (Phi) is 5.88. The van der Waals surface area contributed by atoms with Crippen molar-refractivity contribution >= 4 is 29.2 Å². The minimum Gasteiger partial charge on any atom is -0.404 e. The molecule has 140 valence electrons. The van der Waals surface area contributed by atoms with Crippen LogP contribution in [-0.4, -0.2) is 15.7 Å². The first-order valence-corrected chi connectivity index (χ1v) is 9.48. The number of rotatable bonds is 5. The predicted octanol–water partition coefficient (Wildman–Crippen LogP) is 5.97. The zero-order valence-electron chi connectivity index (χ0n) is 15.4. The Morgan fingerprint density at radius 1 is 1.07 bits per heavy atom. The van der Waals surface area contributed by atoms with E-state index in [1.165, 1.54) is 6.07 Å². The molecule has 2 aromatic carbocycles. The van der Waals surface area contributed by atoms with Gasteiger partial charge in [-0.3, -0.25) is 0 Å². The molecule has 0 unspecified atom stereocenters. The van der Waals surface area contributed by atoms with Gasteiger partial charge in [-0.25, -0.2) is 9.48 Å². The van der Waals surface area contributed by atoms with Gasteiger partial charge in [-0.05, 0) is 50.1 Å². The number of aromatic nitrogens is 2. The average molecular weight is 403 g/mol. The maximum Gasteiger partial charge on any atom is 0.344 e. The Hall–Kier alpha value is -2.30. The number of esters is 1. The van der Waals surface area contributed by atoms with Gasteiger partial charge in [0.25, 0.3) is 0 Å². The Morgan fingerprint density at radius 3 is 2.52 bits per heavy atom. The number of hydrogen-bond donors (Lipinski definition) is 0. The van der Waals surface area contributed by atoms with Crippen LogP contribution >= 0.6 is 23.2 Å². The number of hydrogen-bond acceptors (Lipinski definition) is 3. The number of ether oxygens (including phenoxy) is 1. The van der Waals surface area contributed by atoms with Crippen molar-refractivity contribution in [3.63, 3.8) is 0 Å². The van der Waals surface area contributed by atoms with Gasteiger partial charge in [0.2, 0.25) is 5.88 Å². The molecule has 0 spiro atoms. The average Bonchev–Trinajstić information content (AvgIpc) is 2.99. The molecule has 0 fully saturated rings. The van der Waals surface area contributed by atoms with Crippen molar-refractivity contribution in [1.82, 2.24) is 9.78 Å². The van der Waals surface area contributed by atoms with Crippen LogP contribution in [0.4, 0.5) is 0 Å². The van der Waals surface area contributed by atoms with Crippen molar-refractivity contribution in [3.05, 3.63) is 74.9 Å². The van der Waals surface area contributed by atoms with Gasteiger partial charge in [0.1, 0.15) is 0 Å². The molecule has 0 aliphatic rings. The number of halogens is 2. The van der Waals surface area contributed by atoms with E-state index < -0.39 is 5.97 Å². The molecule has 0 saturated carbocycles. The second kappa shape index (κ2) is 8.15. The molecule has 6 heteroatoms. The largest absolute Gasteiger partial charge is 0.404 e. The Balaban J connectivity index is 1.98. The number of carbonyl (C=O) groups excluding carboxylic acids is 1. The van der Waals surface area contributed by atoms with Gasteiger partial charge in [-0.2, -0.15) is 5.10 Å². The first-order valence-electron chi connectivity index (χ1n) is 8.73. The van der Waals surface area contributed by atoms with Gasteiger partial charge < -0.3 is 4.74 Å². The molecule has 0 amide bonds. The van der Waals surface area contributed by atoms with E-state index in [0.29, 0.717) is 21.5 Å². The van der Waals surface area contributed by atoms with E-state index in [2.05, 4.69) is 18.1 Å². The zero-order chi connectivity index (χ0) is 19.6.